The van der Waals surface area contributed by atoms with Gasteiger partial charge in [0.1, 0.15) is 5.69 Å². The van der Waals surface area contributed by atoms with E-state index in [2.05, 4.69) is 20.9 Å². The summed E-state index contributed by atoms with van der Waals surface area (Å²) in [7, 11) is 0. The molecule has 0 fully saturated rings. The van der Waals surface area contributed by atoms with Crippen molar-refractivity contribution in [3.63, 3.8) is 0 Å². The molecule has 0 amide bonds. The minimum Gasteiger partial charge on any atom is -0.477 e. The second-order valence-corrected chi connectivity index (χ2v) is 4.49. The Hall–Kier alpha value is -1.33. The van der Waals surface area contributed by atoms with Gasteiger partial charge >= 0.3 is 5.97 Å². The van der Waals surface area contributed by atoms with Crippen LogP contribution in [0.2, 0.25) is 5.02 Å². The van der Waals surface area contributed by atoms with Gasteiger partial charge in [-0.25, -0.2) is 4.79 Å². The minimum atomic E-state index is -1.20. The average molecular weight is 303 g/mol. The maximum atomic E-state index is 11.6. The van der Waals surface area contributed by atoms with Crippen molar-refractivity contribution in [2.45, 2.75) is 0 Å². The number of hydrogen-bond donors (Lipinski definition) is 2. The SMILES string of the molecule is O=C(O)c1cc(=O)c2cc(Br)cc(Cl)c2[nH]1. The molecule has 82 valence electrons. The molecule has 0 aliphatic rings. The van der Waals surface area contributed by atoms with E-state index >= 15 is 0 Å². The molecular formula is C10H5BrClNO3. The molecule has 0 bridgehead atoms. The number of halogens is 2. The number of aromatic carboxylic acids is 1. The van der Waals surface area contributed by atoms with E-state index in [1.54, 1.807) is 12.1 Å². The lowest BCUT2D eigenvalue weighted by atomic mass is 10.2. The van der Waals surface area contributed by atoms with E-state index in [0.717, 1.165) is 6.07 Å². The predicted molar refractivity (Wildman–Crippen MR) is 64.2 cm³/mol. The van der Waals surface area contributed by atoms with Gasteiger partial charge in [0.2, 0.25) is 0 Å². The van der Waals surface area contributed by atoms with E-state index in [1.165, 1.54) is 0 Å². The highest BCUT2D eigenvalue weighted by atomic mass is 79.9. The number of rotatable bonds is 1. The van der Waals surface area contributed by atoms with Crippen molar-refractivity contribution in [3.8, 4) is 0 Å². The highest BCUT2D eigenvalue weighted by molar-refractivity contribution is 9.10. The summed E-state index contributed by atoms with van der Waals surface area (Å²) in [5.41, 5.74) is -0.231. The average Bonchev–Trinajstić information content (AvgIpc) is 2.19. The zero-order chi connectivity index (χ0) is 11.9. The standard InChI is InChI=1S/C10H5BrClNO3/c11-4-1-5-8(14)3-7(10(15)16)13-9(5)6(12)2-4/h1-3H,(H,13,14)(H,15,16). The Morgan fingerprint density at radius 3 is 2.69 bits per heavy atom. The van der Waals surface area contributed by atoms with Crippen molar-refractivity contribution in [1.29, 1.82) is 0 Å². The first-order valence-corrected chi connectivity index (χ1v) is 5.41. The topological polar surface area (TPSA) is 70.2 Å². The molecule has 2 rings (SSSR count). The lowest BCUT2D eigenvalue weighted by Crippen LogP contribution is -2.09. The highest BCUT2D eigenvalue weighted by Gasteiger charge is 2.10. The zero-order valence-electron chi connectivity index (χ0n) is 7.75. The van der Waals surface area contributed by atoms with Crippen LogP contribution in [0.25, 0.3) is 10.9 Å². The number of nitrogens with one attached hydrogen (secondary N) is 1. The Kier molecular flexibility index (Phi) is 2.73. The second kappa shape index (κ2) is 3.92. The molecule has 0 aliphatic carbocycles. The van der Waals surface area contributed by atoms with E-state index in [9.17, 15) is 9.59 Å². The van der Waals surface area contributed by atoms with E-state index < -0.39 is 5.97 Å². The predicted octanol–water partition coefficient (Wildman–Crippen LogP) is 2.64. The molecule has 2 N–H and O–H groups in total. The summed E-state index contributed by atoms with van der Waals surface area (Å²) in [5.74, 6) is -1.20. The van der Waals surface area contributed by atoms with Gasteiger partial charge in [-0.3, -0.25) is 4.79 Å². The van der Waals surface area contributed by atoms with Crippen LogP contribution < -0.4 is 5.43 Å². The summed E-state index contributed by atoms with van der Waals surface area (Å²) in [6, 6.07) is 4.21. The number of carbonyl (C=O) groups is 1. The summed E-state index contributed by atoms with van der Waals surface area (Å²) >= 11 is 9.13. The number of pyridine rings is 1. The third-order valence-corrected chi connectivity index (χ3v) is 2.84. The van der Waals surface area contributed by atoms with Gasteiger partial charge in [0.15, 0.2) is 5.43 Å². The maximum absolute atomic E-state index is 11.6. The van der Waals surface area contributed by atoms with Crippen molar-refractivity contribution >= 4 is 44.4 Å². The molecule has 0 unspecified atom stereocenters. The van der Waals surface area contributed by atoms with Crippen LogP contribution in [-0.2, 0) is 0 Å². The van der Waals surface area contributed by atoms with Gasteiger partial charge in [-0.05, 0) is 12.1 Å². The van der Waals surface area contributed by atoms with Crippen LogP contribution in [0.5, 0.6) is 0 Å². The monoisotopic (exact) mass is 301 g/mol. The Morgan fingerprint density at radius 2 is 2.06 bits per heavy atom. The van der Waals surface area contributed by atoms with Gasteiger partial charge in [0.05, 0.1) is 10.5 Å². The summed E-state index contributed by atoms with van der Waals surface area (Å²) in [5, 5.41) is 9.44. The molecule has 0 atom stereocenters. The molecule has 0 spiro atoms. The van der Waals surface area contributed by atoms with Crippen LogP contribution in [0.1, 0.15) is 10.5 Å². The van der Waals surface area contributed by atoms with Gasteiger partial charge in [0.25, 0.3) is 0 Å². The summed E-state index contributed by atoms with van der Waals surface area (Å²) < 4.78 is 0.665. The number of aromatic nitrogens is 1. The van der Waals surface area contributed by atoms with Gasteiger partial charge in [-0.2, -0.15) is 0 Å². The van der Waals surface area contributed by atoms with Gasteiger partial charge < -0.3 is 10.1 Å². The normalized spacial score (nSPS) is 10.6. The maximum Gasteiger partial charge on any atom is 0.352 e. The third-order valence-electron chi connectivity index (χ3n) is 2.09. The van der Waals surface area contributed by atoms with Crippen molar-refractivity contribution in [3.05, 3.63) is 43.6 Å². The van der Waals surface area contributed by atoms with Crippen molar-refractivity contribution in [2.75, 3.05) is 0 Å². The van der Waals surface area contributed by atoms with Crippen molar-refractivity contribution in [2.24, 2.45) is 0 Å². The summed E-state index contributed by atoms with van der Waals surface area (Å²) in [4.78, 5) is 25.0. The number of fused-ring (bicyclic) bond motifs is 1. The van der Waals surface area contributed by atoms with Crippen molar-refractivity contribution < 1.29 is 9.90 Å². The lowest BCUT2D eigenvalue weighted by Gasteiger charge is -2.03. The van der Waals surface area contributed by atoms with Crippen LogP contribution in [0.15, 0.2) is 27.5 Å². The molecular weight excluding hydrogens is 297 g/mol. The Balaban J connectivity index is 2.93. The summed E-state index contributed by atoms with van der Waals surface area (Å²) in [6.45, 7) is 0. The molecule has 0 saturated heterocycles. The molecule has 1 heterocycles. The van der Waals surface area contributed by atoms with Crippen molar-refractivity contribution in [1.82, 2.24) is 4.98 Å². The van der Waals surface area contributed by atoms with Crippen LogP contribution in [0.4, 0.5) is 0 Å². The second-order valence-electron chi connectivity index (χ2n) is 3.16. The number of carboxylic acid groups (broad SMARTS) is 1. The number of H-pyrrole nitrogens is 1. The largest absolute Gasteiger partial charge is 0.477 e. The smallest absolute Gasteiger partial charge is 0.352 e. The fraction of sp³-hybridized carbons (Fsp3) is 0. The number of hydrogen-bond acceptors (Lipinski definition) is 2. The molecule has 0 radical (unpaired) electrons. The van der Waals surface area contributed by atoms with E-state index in [-0.39, 0.29) is 11.1 Å². The first-order chi connectivity index (χ1) is 7.49. The Bertz CT molecular complexity index is 650. The quantitative estimate of drug-likeness (QED) is 0.851. The van der Waals surface area contributed by atoms with Gasteiger partial charge in [-0.15, -0.1) is 0 Å². The molecule has 0 aliphatic heterocycles. The van der Waals surface area contributed by atoms with Crippen LogP contribution in [-0.4, -0.2) is 16.1 Å². The van der Waals surface area contributed by atoms with Gasteiger partial charge in [-0.1, -0.05) is 27.5 Å². The van der Waals surface area contributed by atoms with Crippen LogP contribution in [0, 0.1) is 0 Å². The Morgan fingerprint density at radius 1 is 1.38 bits per heavy atom. The zero-order valence-corrected chi connectivity index (χ0v) is 10.1. The Labute approximate surface area is 103 Å². The van der Waals surface area contributed by atoms with Gasteiger partial charge in [0, 0.05) is 15.9 Å². The van der Waals surface area contributed by atoms with Crippen LogP contribution in [0.3, 0.4) is 0 Å². The fourth-order valence-corrected chi connectivity index (χ4v) is 2.25. The van der Waals surface area contributed by atoms with E-state index in [0.29, 0.717) is 20.4 Å². The molecule has 0 saturated carbocycles. The van der Waals surface area contributed by atoms with Crippen LogP contribution >= 0.6 is 27.5 Å². The van der Waals surface area contributed by atoms with E-state index in [4.69, 9.17) is 16.7 Å². The fourth-order valence-electron chi connectivity index (χ4n) is 1.39. The molecule has 2 aromatic rings. The number of carboxylic acids is 1. The molecule has 1 aromatic carbocycles. The molecule has 4 nitrogen and oxygen atoms in total. The minimum absolute atomic E-state index is 0.179. The first kappa shape index (κ1) is 11.2. The lowest BCUT2D eigenvalue weighted by molar-refractivity contribution is 0.0691. The molecule has 16 heavy (non-hydrogen) atoms. The third kappa shape index (κ3) is 1.83. The molecule has 1 aromatic heterocycles. The highest BCUT2D eigenvalue weighted by Crippen LogP contribution is 2.24. The first-order valence-electron chi connectivity index (χ1n) is 4.24. The van der Waals surface area contributed by atoms with E-state index in [1.807, 2.05) is 0 Å². The summed E-state index contributed by atoms with van der Waals surface area (Å²) in [6.07, 6.45) is 0. The number of aromatic amines is 1. The molecule has 6 heteroatoms. The number of benzene rings is 1.